The molecular formula is C15H24N4. The van der Waals surface area contributed by atoms with E-state index in [9.17, 15) is 0 Å². The quantitative estimate of drug-likeness (QED) is 0.872. The van der Waals surface area contributed by atoms with Gasteiger partial charge in [0.15, 0.2) is 0 Å². The third kappa shape index (κ3) is 3.83. The van der Waals surface area contributed by atoms with Crippen LogP contribution in [-0.2, 0) is 0 Å². The second kappa shape index (κ2) is 5.78. The van der Waals surface area contributed by atoms with E-state index in [1.54, 1.807) is 0 Å². The molecule has 1 aromatic rings. The van der Waals surface area contributed by atoms with E-state index < -0.39 is 0 Å². The van der Waals surface area contributed by atoms with Crippen molar-refractivity contribution >= 4 is 11.5 Å². The molecule has 2 heterocycles. The number of rotatable bonds is 4. The summed E-state index contributed by atoms with van der Waals surface area (Å²) in [6.07, 6.45) is 8.53. The molecular weight excluding hydrogens is 236 g/mol. The number of nitrogen functional groups attached to an aromatic ring is 1. The first-order valence-electron chi connectivity index (χ1n) is 7.50. The minimum absolute atomic E-state index is 0.578. The zero-order valence-corrected chi connectivity index (χ0v) is 11.5. The molecule has 0 spiro atoms. The third-order valence-corrected chi connectivity index (χ3v) is 4.19. The Morgan fingerprint density at radius 2 is 2.11 bits per heavy atom. The van der Waals surface area contributed by atoms with Gasteiger partial charge in [-0.2, -0.15) is 0 Å². The first-order valence-corrected chi connectivity index (χ1v) is 7.50. The molecule has 4 nitrogen and oxygen atoms in total. The van der Waals surface area contributed by atoms with E-state index in [0.29, 0.717) is 11.9 Å². The summed E-state index contributed by atoms with van der Waals surface area (Å²) in [7, 11) is 0. The first kappa shape index (κ1) is 12.7. The lowest BCUT2D eigenvalue weighted by atomic mass is 10.1. The molecule has 1 aliphatic carbocycles. The molecule has 4 heteroatoms. The van der Waals surface area contributed by atoms with Crippen LogP contribution in [0.3, 0.4) is 0 Å². The number of likely N-dealkylation sites (tertiary alicyclic amines) is 1. The molecule has 0 bridgehead atoms. The minimum Gasteiger partial charge on any atom is -0.384 e. The van der Waals surface area contributed by atoms with Gasteiger partial charge in [0.2, 0.25) is 0 Å². The van der Waals surface area contributed by atoms with Crippen molar-refractivity contribution < 1.29 is 0 Å². The monoisotopic (exact) mass is 260 g/mol. The Morgan fingerprint density at radius 1 is 1.21 bits per heavy atom. The van der Waals surface area contributed by atoms with Crippen LogP contribution in [0, 0.1) is 5.92 Å². The molecule has 1 aromatic heterocycles. The summed E-state index contributed by atoms with van der Waals surface area (Å²) in [5, 5.41) is 3.59. The molecule has 3 rings (SSSR count). The summed E-state index contributed by atoms with van der Waals surface area (Å²) in [5.74, 6) is 1.59. The van der Waals surface area contributed by atoms with Crippen LogP contribution >= 0.6 is 0 Å². The number of hydrogen-bond acceptors (Lipinski definition) is 4. The lowest BCUT2D eigenvalue weighted by Gasteiger charge is -2.20. The summed E-state index contributed by atoms with van der Waals surface area (Å²) in [6, 6.07) is 4.46. The Bertz CT molecular complexity index is 399. The third-order valence-electron chi connectivity index (χ3n) is 4.19. The molecule has 0 radical (unpaired) electrons. The van der Waals surface area contributed by atoms with Crippen LogP contribution in [0.25, 0.3) is 0 Å². The number of nitrogens with two attached hydrogens (primary N) is 1. The Morgan fingerprint density at radius 3 is 2.84 bits per heavy atom. The fourth-order valence-corrected chi connectivity index (χ4v) is 2.87. The van der Waals surface area contributed by atoms with Crippen LogP contribution in [0.15, 0.2) is 18.3 Å². The molecule has 1 saturated heterocycles. The van der Waals surface area contributed by atoms with E-state index in [4.69, 9.17) is 5.73 Å². The van der Waals surface area contributed by atoms with Gasteiger partial charge < -0.3 is 16.0 Å². The van der Waals surface area contributed by atoms with Crippen LogP contribution in [0.2, 0.25) is 0 Å². The van der Waals surface area contributed by atoms with E-state index in [-0.39, 0.29) is 0 Å². The van der Waals surface area contributed by atoms with Crippen molar-refractivity contribution in [3.05, 3.63) is 18.3 Å². The Kier molecular flexibility index (Phi) is 3.87. The fraction of sp³-hybridized carbons (Fsp3) is 0.667. The van der Waals surface area contributed by atoms with Crippen LogP contribution in [0.5, 0.6) is 0 Å². The van der Waals surface area contributed by atoms with E-state index in [1.165, 1.54) is 51.7 Å². The van der Waals surface area contributed by atoms with E-state index in [0.717, 1.165) is 11.6 Å². The van der Waals surface area contributed by atoms with Crippen molar-refractivity contribution in [2.45, 2.75) is 38.1 Å². The maximum atomic E-state index is 5.61. The summed E-state index contributed by atoms with van der Waals surface area (Å²) in [6.45, 7) is 3.83. The van der Waals surface area contributed by atoms with Crippen molar-refractivity contribution in [1.82, 2.24) is 9.88 Å². The molecule has 3 N–H and O–H groups in total. The molecule has 0 aromatic carbocycles. The largest absolute Gasteiger partial charge is 0.384 e. The van der Waals surface area contributed by atoms with Gasteiger partial charge in [0.25, 0.3) is 0 Å². The van der Waals surface area contributed by atoms with Crippen LogP contribution in [-0.4, -0.2) is 35.6 Å². The van der Waals surface area contributed by atoms with Gasteiger partial charge in [-0.25, -0.2) is 4.98 Å². The van der Waals surface area contributed by atoms with Gasteiger partial charge in [0.1, 0.15) is 5.82 Å². The van der Waals surface area contributed by atoms with Gasteiger partial charge >= 0.3 is 0 Å². The standard InChI is InChI=1S/C15H24N4/c16-15-6-5-14(10-17-15)18-13-2-1-8-19(9-7-13)11-12-3-4-12/h5-6,10,12-13,18H,1-4,7-9,11H2,(H2,16,17)/t13-/m1/s1. The molecule has 104 valence electrons. The smallest absolute Gasteiger partial charge is 0.123 e. The van der Waals surface area contributed by atoms with Gasteiger partial charge in [-0.1, -0.05) is 0 Å². The SMILES string of the molecule is Nc1ccc(N[C@@H]2CCCN(CC3CC3)CC2)cn1. The second-order valence-corrected chi connectivity index (χ2v) is 5.99. The lowest BCUT2D eigenvalue weighted by Crippen LogP contribution is -2.28. The first-order chi connectivity index (χ1) is 9.29. The van der Waals surface area contributed by atoms with E-state index >= 15 is 0 Å². The average molecular weight is 260 g/mol. The predicted molar refractivity (Wildman–Crippen MR) is 79.1 cm³/mol. The highest BCUT2D eigenvalue weighted by molar-refractivity contribution is 5.45. The average Bonchev–Trinajstić information content (AvgIpc) is 3.22. The van der Waals surface area contributed by atoms with Crippen molar-refractivity contribution in [2.24, 2.45) is 5.92 Å². The van der Waals surface area contributed by atoms with Crippen molar-refractivity contribution in [3.8, 4) is 0 Å². The summed E-state index contributed by atoms with van der Waals surface area (Å²) < 4.78 is 0. The minimum atomic E-state index is 0.578. The highest BCUT2D eigenvalue weighted by Gasteiger charge is 2.25. The fourth-order valence-electron chi connectivity index (χ4n) is 2.87. The Hall–Kier alpha value is -1.29. The highest BCUT2D eigenvalue weighted by atomic mass is 15.1. The van der Waals surface area contributed by atoms with E-state index in [1.807, 2.05) is 18.3 Å². The van der Waals surface area contributed by atoms with E-state index in [2.05, 4.69) is 15.2 Å². The molecule has 1 aliphatic heterocycles. The summed E-state index contributed by atoms with van der Waals surface area (Å²) in [5.41, 5.74) is 6.70. The molecule has 0 amide bonds. The summed E-state index contributed by atoms with van der Waals surface area (Å²) in [4.78, 5) is 6.79. The maximum absolute atomic E-state index is 5.61. The molecule has 2 aliphatic rings. The zero-order valence-electron chi connectivity index (χ0n) is 11.5. The van der Waals surface area contributed by atoms with Crippen molar-refractivity contribution in [2.75, 3.05) is 30.7 Å². The van der Waals surface area contributed by atoms with Gasteiger partial charge in [-0.3, -0.25) is 0 Å². The normalized spacial score (nSPS) is 24.9. The second-order valence-electron chi connectivity index (χ2n) is 5.99. The number of aromatic nitrogens is 1. The Labute approximate surface area is 115 Å². The number of pyridine rings is 1. The highest BCUT2D eigenvalue weighted by Crippen LogP contribution is 2.30. The zero-order chi connectivity index (χ0) is 13.1. The molecule has 2 fully saturated rings. The number of anilines is 2. The maximum Gasteiger partial charge on any atom is 0.123 e. The van der Waals surface area contributed by atoms with Crippen molar-refractivity contribution in [3.63, 3.8) is 0 Å². The number of nitrogens with one attached hydrogen (secondary N) is 1. The number of nitrogens with zero attached hydrogens (tertiary/aromatic N) is 2. The lowest BCUT2D eigenvalue weighted by molar-refractivity contribution is 0.273. The van der Waals surface area contributed by atoms with Crippen LogP contribution < -0.4 is 11.1 Å². The molecule has 1 atom stereocenters. The molecule has 0 unspecified atom stereocenters. The van der Waals surface area contributed by atoms with Crippen LogP contribution in [0.4, 0.5) is 11.5 Å². The van der Waals surface area contributed by atoms with Crippen LogP contribution in [0.1, 0.15) is 32.1 Å². The topological polar surface area (TPSA) is 54.2 Å². The van der Waals surface area contributed by atoms with Crippen molar-refractivity contribution in [1.29, 1.82) is 0 Å². The van der Waals surface area contributed by atoms with Gasteiger partial charge in [-0.15, -0.1) is 0 Å². The van der Waals surface area contributed by atoms with Gasteiger partial charge in [0.05, 0.1) is 11.9 Å². The summed E-state index contributed by atoms with van der Waals surface area (Å²) >= 11 is 0. The number of hydrogen-bond donors (Lipinski definition) is 2. The van der Waals surface area contributed by atoms with Gasteiger partial charge in [-0.05, 0) is 56.7 Å². The molecule has 1 saturated carbocycles. The predicted octanol–water partition coefficient (Wildman–Crippen LogP) is 2.34. The van der Waals surface area contributed by atoms with Gasteiger partial charge in [0, 0.05) is 19.1 Å². The molecule has 19 heavy (non-hydrogen) atoms. The Balaban J connectivity index is 1.49.